The van der Waals surface area contributed by atoms with Gasteiger partial charge in [0.1, 0.15) is 36.9 Å². The molecule has 2 aromatic rings. The van der Waals surface area contributed by atoms with Gasteiger partial charge in [-0.15, -0.1) is 0 Å². The predicted molar refractivity (Wildman–Crippen MR) is 79.4 cm³/mol. The Morgan fingerprint density at radius 3 is 2.38 bits per heavy atom. The monoisotopic (exact) mass is 306 g/mol. The Balaban J connectivity index is 1.53. The van der Waals surface area contributed by atoms with Crippen LogP contribution in [0.1, 0.15) is 0 Å². The minimum absolute atomic E-state index is 0.220. The molecule has 4 rings (SSSR count). The van der Waals surface area contributed by atoms with Crippen LogP contribution in [0.3, 0.4) is 0 Å². The molecule has 0 amide bonds. The van der Waals surface area contributed by atoms with Gasteiger partial charge < -0.3 is 18.9 Å². The fourth-order valence-electron chi connectivity index (χ4n) is 2.13. The molecule has 0 aromatic heterocycles. The second kappa shape index (κ2) is 5.37. The van der Waals surface area contributed by atoms with Crippen molar-refractivity contribution in [2.75, 3.05) is 26.4 Å². The Hall–Kier alpha value is -1.49. The van der Waals surface area contributed by atoms with Crippen molar-refractivity contribution < 1.29 is 18.9 Å². The van der Waals surface area contributed by atoms with Crippen molar-refractivity contribution in [3.05, 3.63) is 35.4 Å². The smallest absolute Gasteiger partial charge is 0.138 e. The molecule has 0 aliphatic carbocycles. The van der Waals surface area contributed by atoms with Crippen molar-refractivity contribution in [3.63, 3.8) is 0 Å². The predicted octanol–water partition coefficient (Wildman–Crippen LogP) is 3.05. The maximum atomic E-state index is 6.27. The maximum absolute atomic E-state index is 6.27. The van der Waals surface area contributed by atoms with Gasteiger partial charge in [0.25, 0.3) is 0 Å². The fraction of sp³-hybridized carbons (Fsp3) is 0.375. The molecule has 110 valence electrons. The van der Waals surface area contributed by atoms with Crippen LogP contribution in [0.2, 0.25) is 5.02 Å². The van der Waals surface area contributed by atoms with E-state index < -0.39 is 0 Å². The molecule has 5 heteroatoms. The van der Waals surface area contributed by atoms with Crippen molar-refractivity contribution in [1.29, 1.82) is 0 Å². The summed E-state index contributed by atoms with van der Waals surface area (Å²) < 4.78 is 21.6. The number of epoxide rings is 2. The van der Waals surface area contributed by atoms with Crippen LogP contribution in [0, 0.1) is 0 Å². The molecule has 2 heterocycles. The maximum Gasteiger partial charge on any atom is 0.138 e. The lowest BCUT2D eigenvalue weighted by molar-refractivity contribution is 0.263. The number of rotatable bonds is 6. The number of halogens is 1. The molecular weight excluding hydrogens is 292 g/mol. The Kier molecular flexibility index (Phi) is 3.37. The fourth-order valence-corrected chi connectivity index (χ4v) is 2.35. The van der Waals surface area contributed by atoms with Crippen LogP contribution in [0.25, 0.3) is 10.8 Å². The molecule has 0 N–H and O–H groups in total. The Labute approximate surface area is 127 Å². The van der Waals surface area contributed by atoms with Crippen LogP contribution < -0.4 is 9.47 Å². The summed E-state index contributed by atoms with van der Waals surface area (Å²) >= 11 is 6.27. The number of ether oxygens (including phenoxy) is 4. The number of benzene rings is 2. The summed E-state index contributed by atoms with van der Waals surface area (Å²) in [6.07, 6.45) is 0.474. The first-order chi connectivity index (χ1) is 10.3. The van der Waals surface area contributed by atoms with Crippen molar-refractivity contribution in [2.45, 2.75) is 12.2 Å². The van der Waals surface area contributed by atoms with Crippen molar-refractivity contribution in [3.8, 4) is 11.5 Å². The summed E-state index contributed by atoms with van der Waals surface area (Å²) in [4.78, 5) is 0. The van der Waals surface area contributed by atoms with Gasteiger partial charge in [0, 0.05) is 0 Å². The normalized spacial score (nSPS) is 23.1. The van der Waals surface area contributed by atoms with E-state index in [1.165, 1.54) is 0 Å². The summed E-state index contributed by atoms with van der Waals surface area (Å²) in [5.41, 5.74) is 0. The lowest BCUT2D eigenvalue weighted by Crippen LogP contribution is -2.04. The van der Waals surface area contributed by atoms with Crippen LogP contribution in [-0.4, -0.2) is 38.6 Å². The van der Waals surface area contributed by atoms with E-state index in [4.69, 9.17) is 30.5 Å². The molecule has 2 fully saturated rings. The first kappa shape index (κ1) is 13.2. The van der Waals surface area contributed by atoms with Gasteiger partial charge in [-0.2, -0.15) is 0 Å². The topological polar surface area (TPSA) is 43.5 Å². The summed E-state index contributed by atoms with van der Waals surface area (Å²) in [5.74, 6) is 1.52. The molecule has 2 aliphatic heterocycles. The highest BCUT2D eigenvalue weighted by molar-refractivity contribution is 6.32. The third-order valence-corrected chi connectivity index (χ3v) is 3.82. The molecule has 2 unspecified atom stereocenters. The van der Waals surface area contributed by atoms with Gasteiger partial charge in [0.2, 0.25) is 0 Å². The molecular formula is C16H15ClO4. The third kappa shape index (κ3) is 3.23. The molecule has 2 aromatic carbocycles. The molecule has 2 saturated heterocycles. The van der Waals surface area contributed by atoms with Gasteiger partial charge in [0.15, 0.2) is 0 Å². The lowest BCUT2D eigenvalue weighted by Gasteiger charge is -2.10. The molecule has 0 spiro atoms. The van der Waals surface area contributed by atoms with Gasteiger partial charge >= 0.3 is 0 Å². The quantitative estimate of drug-likeness (QED) is 0.769. The first-order valence-electron chi connectivity index (χ1n) is 7.00. The summed E-state index contributed by atoms with van der Waals surface area (Å²) in [5, 5.41) is 2.70. The van der Waals surface area contributed by atoms with Crippen LogP contribution in [0.15, 0.2) is 30.3 Å². The molecule has 0 radical (unpaired) electrons. The van der Waals surface area contributed by atoms with Crippen LogP contribution in [-0.2, 0) is 9.47 Å². The molecule has 2 aliphatic rings. The standard InChI is InChI=1S/C16H15ClO4/c17-15-4-11-3-12(18-6-13-7-19-13)2-1-10(11)5-16(15)21-9-14-8-20-14/h1-5,13-14H,6-9H2. The van der Waals surface area contributed by atoms with E-state index in [2.05, 4.69) is 0 Å². The van der Waals surface area contributed by atoms with Crippen LogP contribution in [0.4, 0.5) is 0 Å². The van der Waals surface area contributed by atoms with Gasteiger partial charge in [-0.3, -0.25) is 0 Å². The molecule has 21 heavy (non-hydrogen) atoms. The number of hydrogen-bond donors (Lipinski definition) is 0. The van der Waals surface area contributed by atoms with E-state index in [1.807, 2.05) is 30.3 Å². The first-order valence-corrected chi connectivity index (χ1v) is 7.38. The van der Waals surface area contributed by atoms with Crippen molar-refractivity contribution >= 4 is 22.4 Å². The van der Waals surface area contributed by atoms with E-state index in [9.17, 15) is 0 Å². The van der Waals surface area contributed by atoms with Crippen LogP contribution >= 0.6 is 11.6 Å². The Morgan fingerprint density at radius 1 is 0.952 bits per heavy atom. The van der Waals surface area contributed by atoms with E-state index in [-0.39, 0.29) is 12.2 Å². The van der Waals surface area contributed by atoms with Gasteiger partial charge in [0.05, 0.1) is 18.2 Å². The van der Waals surface area contributed by atoms with E-state index in [0.717, 1.165) is 29.7 Å². The highest BCUT2D eigenvalue weighted by Gasteiger charge is 2.24. The molecule has 4 nitrogen and oxygen atoms in total. The zero-order valence-electron chi connectivity index (χ0n) is 11.4. The van der Waals surface area contributed by atoms with E-state index >= 15 is 0 Å². The van der Waals surface area contributed by atoms with E-state index in [0.29, 0.717) is 24.0 Å². The SMILES string of the molecule is Clc1cc2cc(OCC3CO3)ccc2cc1OCC1CO1. The molecule has 0 saturated carbocycles. The third-order valence-electron chi connectivity index (χ3n) is 3.53. The highest BCUT2D eigenvalue weighted by Crippen LogP contribution is 2.32. The summed E-state index contributed by atoms with van der Waals surface area (Å²) in [6, 6.07) is 9.80. The second-order valence-corrected chi connectivity index (χ2v) is 5.73. The second-order valence-electron chi connectivity index (χ2n) is 5.32. The molecule has 0 bridgehead atoms. The Bertz CT molecular complexity index is 665. The molecule has 2 atom stereocenters. The van der Waals surface area contributed by atoms with Gasteiger partial charge in [-0.05, 0) is 35.0 Å². The highest BCUT2D eigenvalue weighted by atomic mass is 35.5. The largest absolute Gasteiger partial charge is 0.491 e. The average molecular weight is 307 g/mol. The van der Waals surface area contributed by atoms with E-state index in [1.54, 1.807) is 0 Å². The number of fused-ring (bicyclic) bond motifs is 1. The Morgan fingerprint density at radius 2 is 1.67 bits per heavy atom. The zero-order valence-corrected chi connectivity index (χ0v) is 12.1. The van der Waals surface area contributed by atoms with Crippen LogP contribution in [0.5, 0.6) is 11.5 Å². The minimum atomic E-state index is 0.220. The average Bonchev–Trinajstić information content (AvgIpc) is 3.37. The minimum Gasteiger partial charge on any atom is -0.491 e. The lowest BCUT2D eigenvalue weighted by atomic mass is 10.1. The summed E-state index contributed by atoms with van der Waals surface area (Å²) in [7, 11) is 0. The van der Waals surface area contributed by atoms with Crippen molar-refractivity contribution in [2.24, 2.45) is 0 Å². The van der Waals surface area contributed by atoms with Crippen molar-refractivity contribution in [1.82, 2.24) is 0 Å². The zero-order chi connectivity index (χ0) is 14.2. The summed E-state index contributed by atoms with van der Waals surface area (Å²) in [6.45, 7) is 2.72. The van der Waals surface area contributed by atoms with Gasteiger partial charge in [-0.25, -0.2) is 0 Å². The number of hydrogen-bond acceptors (Lipinski definition) is 4. The van der Waals surface area contributed by atoms with Gasteiger partial charge in [-0.1, -0.05) is 17.7 Å².